The van der Waals surface area contributed by atoms with Crippen LogP contribution in [0, 0.1) is 0 Å². The molecule has 0 heterocycles. The lowest BCUT2D eigenvalue weighted by Crippen LogP contribution is -2.36. The molecule has 0 bridgehead atoms. The van der Waals surface area contributed by atoms with Crippen molar-refractivity contribution in [1.82, 2.24) is 5.32 Å². The summed E-state index contributed by atoms with van der Waals surface area (Å²) in [6.45, 7) is 3.60. The van der Waals surface area contributed by atoms with Crippen LogP contribution in [0.15, 0.2) is 36.4 Å². The Morgan fingerprint density at radius 3 is 2.35 bits per heavy atom. The molecule has 2 aromatic carbocycles. The molecule has 2 N–H and O–H groups in total. The predicted octanol–water partition coefficient (Wildman–Crippen LogP) is 3.01. The van der Waals surface area contributed by atoms with Crippen LogP contribution in [-0.2, 0) is 9.53 Å². The van der Waals surface area contributed by atoms with Crippen molar-refractivity contribution in [3.63, 3.8) is 0 Å². The third-order valence-corrected chi connectivity index (χ3v) is 3.77. The number of benzene rings is 2. The summed E-state index contributed by atoms with van der Waals surface area (Å²) in [5, 5.41) is 14.4. The average molecular weight is 315 g/mol. The summed E-state index contributed by atoms with van der Waals surface area (Å²) < 4.78 is 5.00. The fourth-order valence-electron chi connectivity index (χ4n) is 2.36. The number of aromatic hydroxyl groups is 1. The second-order valence-electron chi connectivity index (χ2n) is 5.37. The summed E-state index contributed by atoms with van der Waals surface area (Å²) in [5.41, 5.74) is 0.0547. The van der Waals surface area contributed by atoms with E-state index in [0.29, 0.717) is 0 Å². The Morgan fingerprint density at radius 2 is 1.74 bits per heavy atom. The van der Waals surface area contributed by atoms with Crippen LogP contribution < -0.4 is 5.32 Å². The molecule has 0 atom stereocenters. The number of phenols is 1. The Hall–Kier alpha value is -2.56. The second kappa shape index (κ2) is 7.63. The summed E-state index contributed by atoms with van der Waals surface area (Å²) >= 11 is 0. The van der Waals surface area contributed by atoms with E-state index in [1.165, 1.54) is 6.07 Å². The minimum Gasteiger partial charge on any atom is -0.507 e. The van der Waals surface area contributed by atoms with Crippen molar-refractivity contribution in [1.29, 1.82) is 0 Å². The summed E-state index contributed by atoms with van der Waals surface area (Å²) in [6.07, 6.45) is 1.64. The third kappa shape index (κ3) is 4.22. The van der Waals surface area contributed by atoms with Gasteiger partial charge >= 0.3 is 5.97 Å². The molecule has 0 aliphatic rings. The summed E-state index contributed by atoms with van der Waals surface area (Å²) in [5.74, 6) is -1.21. The summed E-state index contributed by atoms with van der Waals surface area (Å²) in [6, 6.07) is 10.5. The number of fused-ring (bicyclic) bond motifs is 1. The van der Waals surface area contributed by atoms with Crippen molar-refractivity contribution in [3.8, 4) is 5.75 Å². The lowest BCUT2D eigenvalue weighted by atomic mass is 10.1. The molecule has 0 aromatic heterocycles. The van der Waals surface area contributed by atoms with Gasteiger partial charge < -0.3 is 15.2 Å². The number of hydrogen-bond donors (Lipinski definition) is 2. The molecule has 122 valence electrons. The zero-order valence-electron chi connectivity index (χ0n) is 13.3. The smallest absolute Gasteiger partial charge is 0.342 e. The van der Waals surface area contributed by atoms with E-state index in [-0.39, 0.29) is 29.9 Å². The van der Waals surface area contributed by atoms with Gasteiger partial charge in [-0.25, -0.2) is 4.79 Å². The van der Waals surface area contributed by atoms with E-state index in [0.717, 1.165) is 23.6 Å². The van der Waals surface area contributed by atoms with Crippen LogP contribution in [-0.4, -0.2) is 29.6 Å². The van der Waals surface area contributed by atoms with Crippen LogP contribution in [0.5, 0.6) is 5.75 Å². The minimum atomic E-state index is -0.715. The highest BCUT2D eigenvalue weighted by Crippen LogP contribution is 2.25. The van der Waals surface area contributed by atoms with Crippen LogP contribution in [0.1, 0.15) is 37.0 Å². The van der Waals surface area contributed by atoms with Gasteiger partial charge in [0, 0.05) is 6.04 Å². The molecule has 0 radical (unpaired) electrons. The third-order valence-electron chi connectivity index (χ3n) is 3.77. The van der Waals surface area contributed by atoms with Crippen LogP contribution in [0.2, 0.25) is 0 Å². The number of nitrogens with one attached hydrogen (secondary N) is 1. The number of carbonyl (C=O) groups excluding carboxylic acids is 2. The molecular weight excluding hydrogens is 294 g/mol. The average Bonchev–Trinajstić information content (AvgIpc) is 2.56. The molecule has 0 spiro atoms. The number of amides is 1. The predicted molar refractivity (Wildman–Crippen MR) is 88.4 cm³/mol. The van der Waals surface area contributed by atoms with Gasteiger partial charge in [-0.15, -0.1) is 0 Å². The SMILES string of the molecule is CCC(CC)NC(=O)COC(=O)c1cc2ccccc2cc1O. The van der Waals surface area contributed by atoms with Gasteiger partial charge in [-0.1, -0.05) is 38.1 Å². The van der Waals surface area contributed by atoms with Gasteiger partial charge in [0.25, 0.3) is 5.91 Å². The van der Waals surface area contributed by atoms with Crippen molar-refractivity contribution < 1.29 is 19.4 Å². The molecule has 23 heavy (non-hydrogen) atoms. The number of esters is 1. The van der Waals surface area contributed by atoms with Crippen molar-refractivity contribution >= 4 is 22.6 Å². The lowest BCUT2D eigenvalue weighted by molar-refractivity contribution is -0.125. The van der Waals surface area contributed by atoms with Gasteiger partial charge in [-0.05, 0) is 35.7 Å². The number of hydrogen-bond acceptors (Lipinski definition) is 4. The van der Waals surface area contributed by atoms with E-state index in [9.17, 15) is 14.7 Å². The number of ether oxygens (including phenoxy) is 1. The molecule has 2 rings (SSSR count). The molecule has 0 aliphatic heterocycles. The molecule has 0 fully saturated rings. The van der Waals surface area contributed by atoms with Gasteiger partial charge in [-0.3, -0.25) is 4.79 Å². The lowest BCUT2D eigenvalue weighted by Gasteiger charge is -2.14. The minimum absolute atomic E-state index is 0.0547. The molecule has 2 aromatic rings. The van der Waals surface area contributed by atoms with Gasteiger partial charge in [0.05, 0.1) is 0 Å². The van der Waals surface area contributed by atoms with Crippen LogP contribution >= 0.6 is 0 Å². The van der Waals surface area contributed by atoms with Gasteiger partial charge in [0.15, 0.2) is 6.61 Å². The maximum Gasteiger partial charge on any atom is 0.342 e. The molecule has 0 unspecified atom stereocenters. The maximum atomic E-state index is 12.1. The standard InChI is InChI=1S/C18H21NO4/c1-3-14(4-2)19-17(21)11-23-18(22)15-9-12-7-5-6-8-13(12)10-16(15)20/h5-10,14,20H,3-4,11H2,1-2H3,(H,19,21). The quantitative estimate of drug-likeness (QED) is 0.804. The van der Waals surface area contributed by atoms with Crippen LogP contribution in [0.25, 0.3) is 10.8 Å². The van der Waals surface area contributed by atoms with E-state index in [4.69, 9.17) is 4.74 Å². The first-order chi connectivity index (χ1) is 11.0. The monoisotopic (exact) mass is 315 g/mol. The number of carbonyl (C=O) groups is 2. The Morgan fingerprint density at radius 1 is 1.13 bits per heavy atom. The van der Waals surface area contributed by atoms with Gasteiger partial charge in [0.1, 0.15) is 11.3 Å². The maximum absolute atomic E-state index is 12.1. The molecule has 5 nitrogen and oxygen atoms in total. The van der Waals surface area contributed by atoms with E-state index < -0.39 is 5.97 Å². The van der Waals surface area contributed by atoms with E-state index in [1.807, 2.05) is 38.1 Å². The number of rotatable bonds is 6. The Balaban J connectivity index is 2.03. The Bertz CT molecular complexity index is 707. The highest BCUT2D eigenvalue weighted by Gasteiger charge is 2.16. The molecule has 5 heteroatoms. The van der Waals surface area contributed by atoms with Crippen molar-refractivity contribution in [2.24, 2.45) is 0 Å². The second-order valence-corrected chi connectivity index (χ2v) is 5.37. The molecule has 0 aliphatic carbocycles. The van der Waals surface area contributed by atoms with E-state index in [1.54, 1.807) is 6.07 Å². The Labute approximate surface area is 135 Å². The Kier molecular flexibility index (Phi) is 5.57. The van der Waals surface area contributed by atoms with E-state index >= 15 is 0 Å². The number of phenolic OH excluding ortho intramolecular Hbond substituents is 1. The molecular formula is C18H21NO4. The van der Waals surface area contributed by atoms with Crippen molar-refractivity contribution in [2.75, 3.05) is 6.61 Å². The molecule has 0 saturated heterocycles. The molecule has 1 amide bonds. The topological polar surface area (TPSA) is 75.6 Å². The van der Waals surface area contributed by atoms with Crippen LogP contribution in [0.3, 0.4) is 0 Å². The fourth-order valence-corrected chi connectivity index (χ4v) is 2.36. The summed E-state index contributed by atoms with van der Waals surface area (Å²) in [7, 11) is 0. The van der Waals surface area contributed by atoms with E-state index in [2.05, 4.69) is 5.32 Å². The molecule has 0 saturated carbocycles. The van der Waals surface area contributed by atoms with Gasteiger partial charge in [0.2, 0.25) is 0 Å². The largest absolute Gasteiger partial charge is 0.507 e. The highest BCUT2D eigenvalue weighted by atomic mass is 16.5. The summed E-state index contributed by atoms with van der Waals surface area (Å²) in [4.78, 5) is 23.8. The van der Waals surface area contributed by atoms with Crippen molar-refractivity contribution in [2.45, 2.75) is 32.7 Å². The normalized spacial score (nSPS) is 10.7. The van der Waals surface area contributed by atoms with Gasteiger partial charge in [-0.2, -0.15) is 0 Å². The zero-order valence-corrected chi connectivity index (χ0v) is 13.3. The fraction of sp³-hybridized carbons (Fsp3) is 0.333. The highest BCUT2D eigenvalue weighted by molar-refractivity contribution is 5.99. The van der Waals surface area contributed by atoms with Crippen molar-refractivity contribution in [3.05, 3.63) is 42.0 Å². The first-order valence-electron chi connectivity index (χ1n) is 7.73. The first-order valence-corrected chi connectivity index (χ1v) is 7.73. The van der Waals surface area contributed by atoms with Crippen LogP contribution in [0.4, 0.5) is 0 Å². The zero-order chi connectivity index (χ0) is 16.8. The first kappa shape index (κ1) is 16.8.